The van der Waals surface area contributed by atoms with E-state index >= 15 is 0 Å². The van der Waals surface area contributed by atoms with E-state index in [0.29, 0.717) is 11.5 Å². The van der Waals surface area contributed by atoms with Crippen LogP contribution in [0.3, 0.4) is 0 Å². The number of phenolic OH excluding ortho intramolecular Hbond substituents is 1. The SMILES string of the molecule is COc1cc(C2CC=C(C)O2)cc(OC)c1O. The number of hydrogen-bond acceptors (Lipinski definition) is 4. The molecule has 1 aromatic carbocycles. The van der Waals surface area contributed by atoms with E-state index in [2.05, 4.69) is 0 Å². The zero-order valence-electron chi connectivity index (χ0n) is 10.2. The Balaban J connectivity index is 2.35. The van der Waals surface area contributed by atoms with Gasteiger partial charge in [0, 0.05) is 12.0 Å². The number of rotatable bonds is 3. The third-order valence-corrected chi connectivity index (χ3v) is 2.82. The van der Waals surface area contributed by atoms with E-state index in [1.165, 1.54) is 14.2 Å². The molecule has 17 heavy (non-hydrogen) atoms. The molecular weight excluding hydrogens is 220 g/mol. The molecule has 1 unspecified atom stereocenters. The van der Waals surface area contributed by atoms with Crippen molar-refractivity contribution < 1.29 is 19.3 Å². The standard InChI is InChI=1S/C13H16O4/c1-8-4-5-10(17-8)9-6-11(15-2)13(14)12(7-9)16-3/h4,6-7,10,14H,5H2,1-3H3. The van der Waals surface area contributed by atoms with Crippen molar-refractivity contribution in [2.45, 2.75) is 19.4 Å². The van der Waals surface area contributed by atoms with Crippen LogP contribution in [0.4, 0.5) is 0 Å². The van der Waals surface area contributed by atoms with Crippen molar-refractivity contribution in [1.29, 1.82) is 0 Å². The van der Waals surface area contributed by atoms with E-state index in [1.807, 2.05) is 13.0 Å². The van der Waals surface area contributed by atoms with Gasteiger partial charge in [0.05, 0.1) is 20.0 Å². The summed E-state index contributed by atoms with van der Waals surface area (Å²) in [7, 11) is 3.02. The largest absolute Gasteiger partial charge is 0.502 e. The third kappa shape index (κ3) is 2.16. The highest BCUT2D eigenvalue weighted by molar-refractivity contribution is 5.53. The van der Waals surface area contributed by atoms with Crippen LogP contribution in [0.15, 0.2) is 24.0 Å². The first-order chi connectivity index (χ1) is 8.15. The second-order valence-corrected chi connectivity index (χ2v) is 3.93. The zero-order valence-corrected chi connectivity index (χ0v) is 10.2. The molecule has 4 nitrogen and oxygen atoms in total. The number of ether oxygens (including phenoxy) is 3. The summed E-state index contributed by atoms with van der Waals surface area (Å²) < 4.78 is 15.9. The van der Waals surface area contributed by atoms with Crippen LogP contribution in [0, 0.1) is 0 Å². The first kappa shape index (κ1) is 11.6. The van der Waals surface area contributed by atoms with Crippen molar-refractivity contribution >= 4 is 0 Å². The van der Waals surface area contributed by atoms with Crippen LogP contribution in [-0.2, 0) is 4.74 Å². The summed E-state index contributed by atoms with van der Waals surface area (Å²) in [4.78, 5) is 0. The van der Waals surface area contributed by atoms with Crippen molar-refractivity contribution in [3.05, 3.63) is 29.5 Å². The van der Waals surface area contributed by atoms with Crippen molar-refractivity contribution in [3.63, 3.8) is 0 Å². The molecule has 0 saturated heterocycles. The zero-order chi connectivity index (χ0) is 12.4. The highest BCUT2D eigenvalue weighted by Crippen LogP contribution is 2.41. The molecule has 0 spiro atoms. The van der Waals surface area contributed by atoms with Crippen LogP contribution in [0.5, 0.6) is 17.2 Å². The number of aromatic hydroxyl groups is 1. The number of allylic oxidation sites excluding steroid dienone is 1. The smallest absolute Gasteiger partial charge is 0.200 e. The Labute approximate surface area is 100 Å². The predicted octanol–water partition coefficient (Wildman–Crippen LogP) is 2.77. The fourth-order valence-electron chi connectivity index (χ4n) is 1.90. The van der Waals surface area contributed by atoms with Gasteiger partial charge in [0.15, 0.2) is 11.5 Å². The third-order valence-electron chi connectivity index (χ3n) is 2.82. The Bertz CT molecular complexity index is 426. The fraction of sp³-hybridized carbons (Fsp3) is 0.385. The lowest BCUT2D eigenvalue weighted by atomic mass is 10.1. The lowest BCUT2D eigenvalue weighted by Gasteiger charge is -2.16. The Morgan fingerprint density at radius 3 is 2.24 bits per heavy atom. The van der Waals surface area contributed by atoms with Gasteiger partial charge in [0.25, 0.3) is 0 Å². The molecular formula is C13H16O4. The molecule has 2 rings (SSSR count). The van der Waals surface area contributed by atoms with Crippen molar-refractivity contribution in [1.82, 2.24) is 0 Å². The monoisotopic (exact) mass is 236 g/mol. The molecule has 1 heterocycles. The van der Waals surface area contributed by atoms with Gasteiger partial charge in [0.1, 0.15) is 6.10 Å². The Morgan fingerprint density at radius 2 is 1.82 bits per heavy atom. The molecule has 0 radical (unpaired) electrons. The summed E-state index contributed by atoms with van der Waals surface area (Å²) in [6.07, 6.45) is 2.83. The number of benzene rings is 1. The van der Waals surface area contributed by atoms with Crippen LogP contribution in [0.2, 0.25) is 0 Å². The Morgan fingerprint density at radius 1 is 1.24 bits per heavy atom. The molecule has 1 aromatic rings. The van der Waals surface area contributed by atoms with Crippen molar-refractivity contribution in [2.75, 3.05) is 14.2 Å². The van der Waals surface area contributed by atoms with Crippen molar-refractivity contribution in [3.8, 4) is 17.2 Å². The van der Waals surface area contributed by atoms with E-state index in [-0.39, 0.29) is 11.9 Å². The van der Waals surface area contributed by atoms with E-state index in [1.54, 1.807) is 12.1 Å². The molecule has 0 amide bonds. The van der Waals surface area contributed by atoms with Gasteiger partial charge < -0.3 is 19.3 Å². The van der Waals surface area contributed by atoms with Crippen molar-refractivity contribution in [2.24, 2.45) is 0 Å². The summed E-state index contributed by atoms with van der Waals surface area (Å²) in [6.45, 7) is 1.93. The van der Waals surface area contributed by atoms with Gasteiger partial charge in [0.2, 0.25) is 5.75 Å². The van der Waals surface area contributed by atoms with Gasteiger partial charge in [-0.15, -0.1) is 0 Å². The fourth-order valence-corrected chi connectivity index (χ4v) is 1.90. The maximum Gasteiger partial charge on any atom is 0.200 e. The molecule has 1 N–H and O–H groups in total. The van der Waals surface area contributed by atoms with Gasteiger partial charge >= 0.3 is 0 Å². The van der Waals surface area contributed by atoms with Gasteiger partial charge in [-0.05, 0) is 25.1 Å². The molecule has 92 valence electrons. The first-order valence-electron chi connectivity index (χ1n) is 5.44. The summed E-state index contributed by atoms with van der Waals surface area (Å²) in [5.74, 6) is 1.72. The Kier molecular flexibility index (Phi) is 3.13. The Hall–Kier alpha value is -1.84. The van der Waals surface area contributed by atoms with Crippen LogP contribution >= 0.6 is 0 Å². The number of phenols is 1. The molecule has 0 saturated carbocycles. The normalized spacial score (nSPS) is 18.5. The maximum absolute atomic E-state index is 9.80. The minimum Gasteiger partial charge on any atom is -0.502 e. The van der Waals surface area contributed by atoms with Gasteiger partial charge in [-0.25, -0.2) is 0 Å². The highest BCUT2D eigenvalue weighted by atomic mass is 16.5. The summed E-state index contributed by atoms with van der Waals surface area (Å²) >= 11 is 0. The van der Waals surface area contributed by atoms with E-state index in [9.17, 15) is 5.11 Å². The van der Waals surface area contributed by atoms with Crippen LogP contribution in [0.1, 0.15) is 25.0 Å². The lowest BCUT2D eigenvalue weighted by Crippen LogP contribution is -1.99. The van der Waals surface area contributed by atoms with Gasteiger partial charge in [-0.1, -0.05) is 0 Å². The minimum atomic E-state index is -0.0293. The molecule has 0 fully saturated rings. The second-order valence-electron chi connectivity index (χ2n) is 3.93. The first-order valence-corrected chi connectivity index (χ1v) is 5.44. The average molecular weight is 236 g/mol. The quantitative estimate of drug-likeness (QED) is 0.876. The summed E-state index contributed by atoms with van der Waals surface area (Å²) in [5.41, 5.74) is 0.935. The lowest BCUT2D eigenvalue weighted by molar-refractivity contribution is 0.146. The molecule has 1 aliphatic heterocycles. The predicted molar refractivity (Wildman–Crippen MR) is 63.4 cm³/mol. The van der Waals surface area contributed by atoms with Crippen LogP contribution in [0.25, 0.3) is 0 Å². The van der Waals surface area contributed by atoms with Crippen LogP contribution < -0.4 is 9.47 Å². The average Bonchev–Trinajstić information content (AvgIpc) is 2.76. The van der Waals surface area contributed by atoms with Gasteiger partial charge in [-0.2, -0.15) is 0 Å². The van der Waals surface area contributed by atoms with E-state index in [0.717, 1.165) is 17.7 Å². The molecule has 0 aromatic heterocycles. The van der Waals surface area contributed by atoms with E-state index in [4.69, 9.17) is 14.2 Å². The molecule has 1 aliphatic rings. The molecule has 0 aliphatic carbocycles. The summed E-state index contributed by atoms with van der Waals surface area (Å²) in [5, 5.41) is 9.80. The minimum absolute atomic E-state index is 0.0152. The molecule has 4 heteroatoms. The number of methoxy groups -OCH3 is 2. The highest BCUT2D eigenvalue weighted by Gasteiger charge is 2.21. The second kappa shape index (κ2) is 4.57. The number of hydrogen-bond donors (Lipinski definition) is 1. The maximum atomic E-state index is 9.80. The van der Waals surface area contributed by atoms with Gasteiger partial charge in [-0.3, -0.25) is 0 Å². The summed E-state index contributed by atoms with van der Waals surface area (Å²) in [6, 6.07) is 3.55. The molecule has 0 bridgehead atoms. The van der Waals surface area contributed by atoms with E-state index < -0.39 is 0 Å². The van der Waals surface area contributed by atoms with Crippen LogP contribution in [-0.4, -0.2) is 19.3 Å². The topological polar surface area (TPSA) is 47.9 Å². The molecule has 1 atom stereocenters.